The molecule has 9 nitrogen and oxygen atoms in total. The molecule has 2 aromatic heterocycles. The minimum atomic E-state index is -3.66. The van der Waals surface area contributed by atoms with Crippen molar-refractivity contribution in [3.05, 3.63) is 118 Å². The van der Waals surface area contributed by atoms with Crippen LogP contribution in [0.4, 0.5) is 0 Å². The van der Waals surface area contributed by atoms with Crippen LogP contribution in [0.15, 0.2) is 106 Å². The standard InChI is InChI=1S/C34H29N5O4S2/c35-19-24-6-8-26(9-7-24)30(40)16-31-37-34(18-25-12-15-44-22-25,17-23-10-13-36-14-11-23)33(41)39(31)32-28-20-38(21-29(28)32)45(42,43)27-4-2-1-3-5-27/h1-15,22,28-29,32H,16-18,20-21H2/t28-,29-,34?/m0/s1. The number of amides is 1. The lowest BCUT2D eigenvalue weighted by Crippen LogP contribution is -2.48. The zero-order valence-electron chi connectivity index (χ0n) is 24.2. The predicted molar refractivity (Wildman–Crippen MR) is 169 cm³/mol. The van der Waals surface area contributed by atoms with Gasteiger partial charge in [0.2, 0.25) is 10.0 Å². The van der Waals surface area contributed by atoms with E-state index in [2.05, 4.69) is 11.1 Å². The summed E-state index contributed by atoms with van der Waals surface area (Å²) in [4.78, 5) is 39.5. The number of Topliss-reactive ketones (excluding diaryl/α,β-unsaturated/α-hetero) is 1. The van der Waals surface area contributed by atoms with Crippen LogP contribution >= 0.6 is 11.3 Å². The number of benzene rings is 2. The summed E-state index contributed by atoms with van der Waals surface area (Å²) in [5.41, 5.74) is 1.63. The highest BCUT2D eigenvalue weighted by atomic mass is 32.2. The minimum Gasteiger partial charge on any atom is -0.294 e. The molecule has 0 radical (unpaired) electrons. The molecule has 1 aliphatic carbocycles. The summed E-state index contributed by atoms with van der Waals surface area (Å²) in [5, 5.41) is 13.2. The molecule has 1 saturated carbocycles. The van der Waals surface area contributed by atoms with Crippen molar-refractivity contribution in [2.75, 3.05) is 13.1 Å². The fourth-order valence-electron chi connectivity index (χ4n) is 6.74. The fraction of sp³-hybridized carbons (Fsp3) is 0.265. The fourth-order valence-corrected chi connectivity index (χ4v) is 8.94. The van der Waals surface area contributed by atoms with E-state index in [0.717, 1.165) is 11.1 Å². The van der Waals surface area contributed by atoms with Crippen LogP contribution in [0.25, 0.3) is 0 Å². The van der Waals surface area contributed by atoms with Gasteiger partial charge in [0.25, 0.3) is 5.91 Å². The molecule has 0 spiro atoms. The van der Waals surface area contributed by atoms with Crippen LogP contribution in [-0.2, 0) is 27.7 Å². The molecule has 45 heavy (non-hydrogen) atoms. The van der Waals surface area contributed by atoms with E-state index in [1.54, 1.807) is 83.2 Å². The highest BCUT2D eigenvalue weighted by Gasteiger charge is 2.65. The Labute approximate surface area is 265 Å². The van der Waals surface area contributed by atoms with E-state index in [0.29, 0.717) is 42.9 Å². The number of aliphatic imine (C=N–C) groups is 1. The first kappa shape index (κ1) is 29.2. The van der Waals surface area contributed by atoms with Gasteiger partial charge < -0.3 is 0 Å². The molecule has 1 unspecified atom stereocenters. The van der Waals surface area contributed by atoms with Crippen LogP contribution < -0.4 is 0 Å². The number of sulfonamides is 1. The maximum Gasteiger partial charge on any atom is 0.256 e. The van der Waals surface area contributed by atoms with Crippen molar-refractivity contribution < 1.29 is 18.0 Å². The number of piperidine rings is 1. The van der Waals surface area contributed by atoms with Gasteiger partial charge in [0.15, 0.2) is 5.78 Å². The zero-order valence-corrected chi connectivity index (χ0v) is 25.8. The molecular weight excluding hydrogens is 607 g/mol. The number of fused-ring (bicyclic) bond motifs is 1. The highest BCUT2D eigenvalue weighted by Crippen LogP contribution is 2.52. The number of carbonyl (C=O) groups excluding carboxylic acids is 2. The molecule has 7 rings (SSSR count). The summed E-state index contributed by atoms with van der Waals surface area (Å²) >= 11 is 1.55. The minimum absolute atomic E-state index is 0.0551. The lowest BCUT2D eigenvalue weighted by Gasteiger charge is -2.29. The van der Waals surface area contributed by atoms with Gasteiger partial charge in [-0.2, -0.15) is 20.9 Å². The Balaban J connectivity index is 1.21. The third-order valence-electron chi connectivity index (χ3n) is 9.01. The van der Waals surface area contributed by atoms with E-state index in [1.165, 1.54) is 4.31 Å². The van der Waals surface area contributed by atoms with Crippen molar-refractivity contribution in [3.63, 3.8) is 0 Å². The normalized spacial score (nSPS) is 24.2. The average Bonchev–Trinajstić information content (AvgIpc) is 3.44. The van der Waals surface area contributed by atoms with Crippen LogP contribution in [-0.4, -0.2) is 64.8 Å². The summed E-state index contributed by atoms with van der Waals surface area (Å²) in [5.74, 6) is -0.0630. The quantitative estimate of drug-likeness (QED) is 0.239. The van der Waals surface area contributed by atoms with Crippen molar-refractivity contribution in [1.82, 2.24) is 14.2 Å². The van der Waals surface area contributed by atoms with E-state index in [4.69, 9.17) is 4.99 Å². The molecule has 4 heterocycles. The zero-order chi connectivity index (χ0) is 31.2. The lowest BCUT2D eigenvalue weighted by molar-refractivity contribution is -0.132. The predicted octanol–water partition coefficient (Wildman–Crippen LogP) is 4.37. The molecule has 1 amide bonds. The van der Waals surface area contributed by atoms with Crippen LogP contribution in [0.1, 0.15) is 33.5 Å². The molecule has 2 fully saturated rings. The molecule has 3 atom stereocenters. The molecule has 2 aromatic carbocycles. The van der Waals surface area contributed by atoms with Crippen LogP contribution in [0.2, 0.25) is 0 Å². The van der Waals surface area contributed by atoms with Gasteiger partial charge in [-0.25, -0.2) is 8.42 Å². The molecule has 3 aliphatic rings. The number of pyridine rings is 1. The van der Waals surface area contributed by atoms with E-state index < -0.39 is 15.6 Å². The number of ketones is 1. The van der Waals surface area contributed by atoms with Gasteiger partial charge >= 0.3 is 0 Å². The first-order valence-electron chi connectivity index (χ1n) is 14.7. The first-order valence-corrected chi connectivity index (χ1v) is 17.1. The van der Waals surface area contributed by atoms with Crippen molar-refractivity contribution in [1.29, 1.82) is 5.26 Å². The van der Waals surface area contributed by atoms with Crippen molar-refractivity contribution >= 4 is 38.9 Å². The van der Waals surface area contributed by atoms with Crippen LogP contribution in [0.5, 0.6) is 0 Å². The molecule has 0 N–H and O–H groups in total. The maximum atomic E-state index is 14.7. The number of hydrogen-bond donors (Lipinski definition) is 0. The van der Waals surface area contributed by atoms with Gasteiger partial charge in [0.05, 0.1) is 22.9 Å². The Morgan fingerprint density at radius 2 is 1.64 bits per heavy atom. The highest BCUT2D eigenvalue weighted by molar-refractivity contribution is 7.89. The molecule has 2 aliphatic heterocycles. The summed E-state index contributed by atoms with van der Waals surface area (Å²) in [6.45, 7) is 0.601. The summed E-state index contributed by atoms with van der Waals surface area (Å²) in [6, 6.07) is 22.4. The number of nitrogens with zero attached hydrogens (tertiary/aromatic N) is 5. The second kappa shape index (κ2) is 11.5. The molecule has 1 saturated heterocycles. The van der Waals surface area contributed by atoms with Gasteiger partial charge in [0.1, 0.15) is 11.4 Å². The number of aromatic nitrogens is 1. The van der Waals surface area contributed by atoms with E-state index in [1.807, 2.05) is 29.0 Å². The Kier molecular flexibility index (Phi) is 7.44. The Hall–Kier alpha value is -4.50. The van der Waals surface area contributed by atoms with Crippen molar-refractivity contribution in [2.45, 2.75) is 35.7 Å². The molecule has 226 valence electrons. The third kappa shape index (κ3) is 5.39. The van der Waals surface area contributed by atoms with E-state index in [-0.39, 0.29) is 40.9 Å². The lowest BCUT2D eigenvalue weighted by atomic mass is 9.85. The number of amidine groups is 1. The molecule has 4 aromatic rings. The topological polar surface area (TPSA) is 124 Å². The van der Waals surface area contributed by atoms with Crippen LogP contribution in [0.3, 0.4) is 0 Å². The molecule has 11 heteroatoms. The second-order valence-corrected chi connectivity index (χ2v) is 14.5. The molecule has 0 bridgehead atoms. The van der Waals surface area contributed by atoms with E-state index >= 15 is 0 Å². The van der Waals surface area contributed by atoms with E-state index in [9.17, 15) is 23.3 Å². The average molecular weight is 636 g/mol. The molecular formula is C34H29N5O4S2. The van der Waals surface area contributed by atoms with Crippen LogP contribution in [0, 0.1) is 23.2 Å². The Morgan fingerprint density at radius 1 is 0.956 bits per heavy atom. The third-order valence-corrected chi connectivity index (χ3v) is 11.6. The Bertz CT molecular complexity index is 1910. The smallest absolute Gasteiger partial charge is 0.256 e. The Morgan fingerprint density at radius 3 is 2.29 bits per heavy atom. The van der Waals surface area contributed by atoms with Gasteiger partial charge in [0, 0.05) is 61.8 Å². The van der Waals surface area contributed by atoms with Gasteiger partial charge in [-0.15, -0.1) is 0 Å². The van der Waals surface area contributed by atoms with Gasteiger partial charge in [-0.1, -0.05) is 30.3 Å². The van der Waals surface area contributed by atoms with Gasteiger partial charge in [-0.3, -0.25) is 24.5 Å². The summed E-state index contributed by atoms with van der Waals surface area (Å²) in [7, 11) is -3.66. The maximum absolute atomic E-state index is 14.7. The largest absolute Gasteiger partial charge is 0.294 e. The van der Waals surface area contributed by atoms with Crippen molar-refractivity contribution in [3.8, 4) is 6.07 Å². The van der Waals surface area contributed by atoms with Gasteiger partial charge in [-0.05, 0) is 64.4 Å². The van der Waals surface area contributed by atoms with Crippen molar-refractivity contribution in [2.24, 2.45) is 16.8 Å². The monoisotopic (exact) mass is 635 g/mol. The SMILES string of the molecule is N#Cc1ccc(C(=O)CC2=NC(Cc3ccncc3)(Cc3ccsc3)C(=O)N2C2[C@H]3CN(S(=O)(=O)c4ccccc4)C[C@H]23)cc1. The first-order chi connectivity index (χ1) is 21.8. The number of carbonyl (C=O) groups is 2. The second-order valence-electron chi connectivity index (χ2n) is 11.8. The number of rotatable bonds is 10. The number of nitriles is 1. The summed E-state index contributed by atoms with van der Waals surface area (Å²) < 4.78 is 28.2. The number of thiophene rings is 1. The summed E-state index contributed by atoms with van der Waals surface area (Å²) in [6.07, 6.45) is 4.01. The number of hydrogen-bond acceptors (Lipinski definition) is 8.